The average Bonchev–Trinajstić information content (AvgIpc) is 2.25. The summed E-state index contributed by atoms with van der Waals surface area (Å²) < 4.78 is 76.1. The Hall–Kier alpha value is -1.21. The van der Waals surface area contributed by atoms with Gasteiger partial charge in [-0.25, -0.2) is 22.0 Å². The maximum atomic E-state index is 11.7. The molecule has 0 fully saturated rings. The molecule has 0 aromatic heterocycles. The number of sulfonamides is 2. The van der Waals surface area contributed by atoms with Crippen LogP contribution < -0.4 is 9.86 Å². The first kappa shape index (κ1) is 16.8. The topological polar surface area (TPSA) is 161 Å². The van der Waals surface area contributed by atoms with E-state index in [-0.39, 0.29) is 5.69 Å². The third kappa shape index (κ3) is 4.14. The van der Waals surface area contributed by atoms with Gasteiger partial charge in [-0.1, -0.05) is 6.07 Å². The Labute approximate surface area is 116 Å². The molecule has 1 aromatic rings. The number of hydrogen-bond donors (Lipinski definition) is 3. The summed E-state index contributed by atoms with van der Waals surface area (Å²) in [5.74, 6) is 0. The van der Waals surface area contributed by atoms with Crippen LogP contribution >= 0.6 is 0 Å². The maximum Gasteiger partial charge on any atom is 0.294 e. The third-order valence-corrected chi connectivity index (χ3v) is 7.03. The maximum absolute atomic E-state index is 11.7. The van der Waals surface area contributed by atoms with E-state index in [2.05, 4.69) is 0 Å². The van der Waals surface area contributed by atoms with Crippen LogP contribution in [-0.4, -0.2) is 34.4 Å². The van der Waals surface area contributed by atoms with Crippen LogP contribution in [0.3, 0.4) is 0 Å². The Balaban J connectivity index is 3.18. The molecule has 0 heterocycles. The van der Waals surface area contributed by atoms with Crippen molar-refractivity contribution in [2.24, 2.45) is 5.14 Å². The zero-order valence-corrected chi connectivity index (χ0v) is 12.5. The first-order valence-corrected chi connectivity index (χ1v) is 9.54. The molecule has 0 saturated heterocycles. The highest BCUT2D eigenvalue weighted by molar-refractivity contribution is 8.08. The molecule has 0 aliphatic rings. The van der Waals surface area contributed by atoms with E-state index in [1.807, 2.05) is 4.72 Å². The molecule has 114 valence electrons. The highest BCUT2D eigenvalue weighted by atomic mass is 32.3. The van der Waals surface area contributed by atoms with Gasteiger partial charge in [0.25, 0.3) is 20.1 Å². The Morgan fingerprint density at radius 3 is 2.15 bits per heavy atom. The lowest BCUT2D eigenvalue weighted by Crippen LogP contribution is -2.36. The molecule has 1 aromatic carbocycles. The van der Waals surface area contributed by atoms with E-state index in [4.69, 9.17) is 9.69 Å². The van der Waals surface area contributed by atoms with Gasteiger partial charge >= 0.3 is 0 Å². The Morgan fingerprint density at radius 1 is 1.15 bits per heavy atom. The zero-order chi connectivity index (χ0) is 15.8. The van der Waals surface area contributed by atoms with E-state index in [1.165, 1.54) is 12.1 Å². The Bertz CT molecular complexity index is 811. The lowest BCUT2D eigenvalue weighted by molar-refractivity contribution is 0.483. The molecule has 0 radical (unpaired) electrons. The van der Waals surface area contributed by atoms with Crippen molar-refractivity contribution in [3.63, 3.8) is 0 Å². The molecule has 1 rings (SSSR count). The van der Waals surface area contributed by atoms with E-state index in [0.717, 1.165) is 19.1 Å². The molecular formula is C8H12N2O7S3. The highest BCUT2D eigenvalue weighted by Gasteiger charge is 2.30. The molecule has 0 spiro atoms. The largest absolute Gasteiger partial charge is 0.294 e. The summed E-state index contributed by atoms with van der Waals surface area (Å²) in [5.41, 5.74) is -0.226. The van der Waals surface area contributed by atoms with Gasteiger partial charge in [-0.3, -0.25) is 9.27 Å². The van der Waals surface area contributed by atoms with E-state index in [9.17, 15) is 25.3 Å². The van der Waals surface area contributed by atoms with Crippen molar-refractivity contribution in [3.8, 4) is 0 Å². The van der Waals surface area contributed by atoms with Crippen molar-refractivity contribution < 1.29 is 29.8 Å². The van der Waals surface area contributed by atoms with Gasteiger partial charge in [0.05, 0.1) is 4.90 Å². The van der Waals surface area contributed by atoms with E-state index >= 15 is 0 Å². The van der Waals surface area contributed by atoms with E-state index < -0.39 is 39.6 Å². The molecular weight excluding hydrogens is 332 g/mol. The average molecular weight is 344 g/mol. The van der Waals surface area contributed by atoms with Gasteiger partial charge in [0, 0.05) is 5.69 Å². The zero-order valence-electron chi connectivity index (χ0n) is 10.1. The summed E-state index contributed by atoms with van der Waals surface area (Å²) in [6.45, 7) is 0.865. The van der Waals surface area contributed by atoms with Gasteiger partial charge in [0.1, 0.15) is 0 Å². The molecule has 1 unspecified atom stereocenters. The van der Waals surface area contributed by atoms with Crippen LogP contribution in [0.1, 0.15) is 6.92 Å². The first-order valence-electron chi connectivity index (χ1n) is 4.95. The second-order valence-electron chi connectivity index (χ2n) is 3.81. The van der Waals surface area contributed by atoms with Crippen LogP contribution in [0.25, 0.3) is 0 Å². The number of rotatable bonds is 5. The van der Waals surface area contributed by atoms with Crippen molar-refractivity contribution in [3.05, 3.63) is 24.3 Å². The normalized spacial score (nSPS) is 14.8. The molecule has 20 heavy (non-hydrogen) atoms. The second-order valence-corrected chi connectivity index (χ2v) is 9.41. The number of nitrogens with two attached hydrogens (primary N) is 1. The number of benzene rings is 1. The lowest BCUT2D eigenvalue weighted by Gasteiger charge is -2.13. The van der Waals surface area contributed by atoms with Gasteiger partial charge in [0.2, 0.25) is 10.0 Å². The smallest absolute Gasteiger partial charge is 0.282 e. The molecule has 0 saturated carbocycles. The van der Waals surface area contributed by atoms with Crippen molar-refractivity contribution in [1.82, 2.24) is 0 Å². The number of hydrogen-bond acceptors (Lipinski definition) is 6. The van der Waals surface area contributed by atoms with E-state index in [1.54, 1.807) is 0 Å². The van der Waals surface area contributed by atoms with Gasteiger partial charge in [-0.05, 0) is 25.1 Å². The van der Waals surface area contributed by atoms with Crippen LogP contribution in [0.2, 0.25) is 0 Å². The minimum Gasteiger partial charge on any atom is -0.282 e. The highest BCUT2D eigenvalue weighted by Crippen LogP contribution is 2.18. The fourth-order valence-corrected chi connectivity index (χ4v) is 3.85. The lowest BCUT2D eigenvalue weighted by atomic mass is 10.3. The minimum atomic E-state index is -4.51. The van der Waals surface area contributed by atoms with Crippen LogP contribution in [0.15, 0.2) is 29.2 Å². The van der Waals surface area contributed by atoms with Gasteiger partial charge in [-0.2, -0.15) is 8.42 Å². The SMILES string of the molecule is CC(S(N)(=O)=O)S(=O)(=O)Nc1cccc(S(=O)(=O)O)c1. The number of nitrogens with one attached hydrogen (secondary N) is 1. The van der Waals surface area contributed by atoms with Crippen molar-refractivity contribution in [2.75, 3.05) is 4.72 Å². The molecule has 0 bridgehead atoms. The quantitative estimate of drug-likeness (QED) is 0.595. The van der Waals surface area contributed by atoms with E-state index in [0.29, 0.717) is 0 Å². The van der Waals surface area contributed by atoms with Crippen LogP contribution in [0.5, 0.6) is 0 Å². The van der Waals surface area contributed by atoms with Crippen LogP contribution in [-0.2, 0) is 30.2 Å². The summed E-state index contributed by atoms with van der Waals surface area (Å²) in [6, 6.07) is 4.23. The van der Waals surface area contributed by atoms with Crippen LogP contribution in [0.4, 0.5) is 5.69 Å². The summed E-state index contributed by atoms with van der Waals surface area (Å²) in [7, 11) is -13.2. The van der Waals surface area contributed by atoms with Crippen molar-refractivity contribution >= 4 is 35.9 Å². The van der Waals surface area contributed by atoms with Gasteiger partial charge < -0.3 is 0 Å². The summed E-state index contributed by atoms with van der Waals surface area (Å²) in [4.78, 5) is -0.541. The predicted molar refractivity (Wildman–Crippen MR) is 71.4 cm³/mol. The molecule has 12 heteroatoms. The second kappa shape index (κ2) is 5.29. The monoisotopic (exact) mass is 344 g/mol. The molecule has 9 nitrogen and oxygen atoms in total. The fourth-order valence-electron chi connectivity index (χ4n) is 1.14. The molecule has 0 amide bonds. The molecule has 0 aliphatic heterocycles. The molecule has 4 N–H and O–H groups in total. The summed E-state index contributed by atoms with van der Waals surface area (Å²) in [6.07, 6.45) is 0. The molecule has 1 atom stereocenters. The first-order chi connectivity index (χ1) is 8.84. The standard InChI is InChI=1S/C8H12N2O7S3/c1-6(18(9,11)12)19(13,14)10-7-3-2-4-8(5-7)20(15,16)17/h2-6,10H,1H3,(H2,9,11,12)(H,15,16,17). The molecule has 0 aliphatic carbocycles. The Kier molecular flexibility index (Phi) is 4.46. The third-order valence-electron chi connectivity index (χ3n) is 2.29. The fraction of sp³-hybridized carbons (Fsp3) is 0.250. The van der Waals surface area contributed by atoms with Gasteiger partial charge in [-0.15, -0.1) is 0 Å². The predicted octanol–water partition coefficient (Wildman–Crippen LogP) is -0.690. The van der Waals surface area contributed by atoms with Crippen molar-refractivity contribution in [1.29, 1.82) is 0 Å². The summed E-state index contributed by atoms with van der Waals surface area (Å²) in [5, 5.41) is 4.74. The number of anilines is 1. The Morgan fingerprint density at radius 2 is 1.70 bits per heavy atom. The number of primary sulfonamides is 1. The van der Waals surface area contributed by atoms with Crippen LogP contribution in [0, 0.1) is 0 Å². The van der Waals surface area contributed by atoms with Gasteiger partial charge in [0.15, 0.2) is 4.58 Å². The van der Waals surface area contributed by atoms with Crippen molar-refractivity contribution in [2.45, 2.75) is 16.4 Å². The minimum absolute atomic E-state index is 0.226. The summed E-state index contributed by atoms with van der Waals surface area (Å²) >= 11 is 0.